The summed E-state index contributed by atoms with van der Waals surface area (Å²) in [5.74, 6) is -0.211. The number of carbonyl (C=O) groups is 1. The van der Waals surface area contributed by atoms with Crippen LogP contribution in [0.15, 0.2) is 65.1 Å². The normalized spacial score (nSPS) is 18.3. The van der Waals surface area contributed by atoms with Crippen molar-refractivity contribution >= 4 is 32.7 Å². The third kappa shape index (κ3) is 4.37. The van der Waals surface area contributed by atoms with Crippen molar-refractivity contribution in [1.82, 2.24) is 4.90 Å². The molecule has 0 aromatic heterocycles. The predicted octanol–water partition coefficient (Wildman–Crippen LogP) is 5.89. The molecule has 5 heteroatoms. The van der Waals surface area contributed by atoms with Gasteiger partial charge in [0.1, 0.15) is 5.75 Å². The monoisotopic (exact) mass is 467 g/mol. The first kappa shape index (κ1) is 20.9. The molecule has 4 nitrogen and oxygen atoms in total. The zero-order chi connectivity index (χ0) is 21.1. The van der Waals surface area contributed by atoms with Crippen LogP contribution in [0.2, 0.25) is 0 Å². The van der Waals surface area contributed by atoms with Gasteiger partial charge >= 0.3 is 5.97 Å². The van der Waals surface area contributed by atoms with Crippen LogP contribution in [0.4, 0.5) is 0 Å². The van der Waals surface area contributed by atoms with Crippen LogP contribution in [0.25, 0.3) is 10.8 Å². The largest absolute Gasteiger partial charge is 0.494 e. The number of piperidine rings is 1. The smallest absolute Gasteiger partial charge is 0.307 e. The average molecular weight is 468 g/mol. The van der Waals surface area contributed by atoms with Crippen molar-refractivity contribution in [3.63, 3.8) is 0 Å². The summed E-state index contributed by atoms with van der Waals surface area (Å²) in [5.41, 5.74) is 2.21. The number of halogens is 1. The fraction of sp³-hybridized carbons (Fsp3) is 0.320. The van der Waals surface area contributed by atoms with E-state index in [1.807, 2.05) is 31.2 Å². The number of ether oxygens (including phenoxy) is 1. The number of fused-ring (bicyclic) bond motifs is 1. The summed E-state index contributed by atoms with van der Waals surface area (Å²) in [7, 11) is 0. The third-order valence-electron chi connectivity index (χ3n) is 5.82. The molecule has 2 unspecified atom stereocenters. The van der Waals surface area contributed by atoms with Crippen molar-refractivity contribution in [2.45, 2.75) is 25.8 Å². The van der Waals surface area contributed by atoms with Crippen molar-refractivity contribution in [1.29, 1.82) is 0 Å². The van der Waals surface area contributed by atoms with Crippen molar-refractivity contribution < 1.29 is 14.6 Å². The lowest BCUT2D eigenvalue weighted by Crippen LogP contribution is -2.41. The van der Waals surface area contributed by atoms with Crippen LogP contribution in [0.3, 0.4) is 0 Å². The molecule has 3 aromatic rings. The molecule has 1 aliphatic rings. The second kappa shape index (κ2) is 9.19. The quantitative estimate of drug-likeness (QED) is 0.491. The minimum atomic E-state index is -0.712. The van der Waals surface area contributed by atoms with Gasteiger partial charge in [0.25, 0.3) is 0 Å². The zero-order valence-corrected chi connectivity index (χ0v) is 18.6. The Labute approximate surface area is 185 Å². The van der Waals surface area contributed by atoms with Crippen LogP contribution in [-0.2, 0) is 4.79 Å². The number of likely N-dealkylation sites (tertiary alicyclic amines) is 1. The molecule has 1 saturated heterocycles. The van der Waals surface area contributed by atoms with E-state index < -0.39 is 5.97 Å². The lowest BCUT2D eigenvalue weighted by Gasteiger charge is -2.38. The van der Waals surface area contributed by atoms with Crippen LogP contribution < -0.4 is 4.74 Å². The van der Waals surface area contributed by atoms with Gasteiger partial charge in [-0.1, -0.05) is 52.3 Å². The molecule has 0 radical (unpaired) electrons. The summed E-state index contributed by atoms with van der Waals surface area (Å²) < 4.78 is 6.97. The van der Waals surface area contributed by atoms with E-state index in [4.69, 9.17) is 4.74 Å². The van der Waals surface area contributed by atoms with E-state index in [1.54, 1.807) is 0 Å². The van der Waals surface area contributed by atoms with Crippen LogP contribution in [-0.4, -0.2) is 35.7 Å². The highest BCUT2D eigenvalue weighted by molar-refractivity contribution is 9.10. The van der Waals surface area contributed by atoms with Crippen LogP contribution in [0.1, 0.15) is 36.9 Å². The van der Waals surface area contributed by atoms with Crippen molar-refractivity contribution in [2.75, 3.05) is 19.7 Å². The average Bonchev–Trinajstić information content (AvgIpc) is 2.76. The molecule has 1 fully saturated rings. The molecule has 1 aliphatic heterocycles. The fourth-order valence-corrected chi connectivity index (χ4v) is 4.81. The molecule has 4 rings (SSSR count). The number of carboxylic acids is 1. The number of carboxylic acid groups (broad SMARTS) is 1. The van der Waals surface area contributed by atoms with Gasteiger partial charge in [-0.25, -0.2) is 0 Å². The van der Waals surface area contributed by atoms with Crippen LogP contribution in [0, 0.1) is 5.92 Å². The van der Waals surface area contributed by atoms with Gasteiger partial charge in [0.05, 0.1) is 18.6 Å². The van der Waals surface area contributed by atoms with E-state index in [2.05, 4.69) is 57.2 Å². The van der Waals surface area contributed by atoms with Gasteiger partial charge in [-0.3, -0.25) is 9.69 Å². The van der Waals surface area contributed by atoms with Gasteiger partial charge in [-0.2, -0.15) is 0 Å². The lowest BCUT2D eigenvalue weighted by molar-refractivity contribution is -0.143. The molecular weight excluding hydrogens is 442 g/mol. The summed E-state index contributed by atoms with van der Waals surface area (Å²) >= 11 is 3.62. The molecule has 2 atom stereocenters. The highest BCUT2D eigenvalue weighted by atomic mass is 79.9. The predicted molar refractivity (Wildman–Crippen MR) is 123 cm³/mol. The number of hydrogen-bond donors (Lipinski definition) is 1. The van der Waals surface area contributed by atoms with Crippen molar-refractivity contribution in [3.8, 4) is 5.75 Å². The second-order valence-corrected chi connectivity index (χ2v) is 8.71. The van der Waals surface area contributed by atoms with Gasteiger partial charge in [-0.05, 0) is 66.9 Å². The number of aliphatic carboxylic acids is 1. The SMILES string of the molecule is CCOc1ccc(Br)cc1C(c1ccc2ccccc2c1)N1CCCC(C(=O)O)C1. The fourth-order valence-electron chi connectivity index (χ4n) is 4.43. The molecule has 0 spiro atoms. The summed E-state index contributed by atoms with van der Waals surface area (Å²) in [6.07, 6.45) is 1.60. The van der Waals surface area contributed by atoms with Gasteiger partial charge in [-0.15, -0.1) is 0 Å². The van der Waals surface area contributed by atoms with E-state index in [-0.39, 0.29) is 12.0 Å². The minimum absolute atomic E-state index is 0.0733. The Morgan fingerprint density at radius 1 is 1.17 bits per heavy atom. The second-order valence-electron chi connectivity index (χ2n) is 7.80. The Hall–Kier alpha value is -2.37. The summed E-state index contributed by atoms with van der Waals surface area (Å²) in [6.45, 7) is 3.96. The Morgan fingerprint density at radius 3 is 2.73 bits per heavy atom. The maximum Gasteiger partial charge on any atom is 0.307 e. The Morgan fingerprint density at radius 2 is 1.97 bits per heavy atom. The maximum absolute atomic E-state index is 11.7. The maximum atomic E-state index is 11.7. The number of nitrogens with zero attached hydrogens (tertiary/aromatic N) is 1. The van der Waals surface area contributed by atoms with Crippen molar-refractivity contribution in [2.24, 2.45) is 5.92 Å². The number of benzene rings is 3. The van der Waals surface area contributed by atoms with E-state index >= 15 is 0 Å². The van der Waals surface area contributed by atoms with Gasteiger partial charge in [0, 0.05) is 16.6 Å². The molecule has 156 valence electrons. The minimum Gasteiger partial charge on any atom is -0.494 e. The summed E-state index contributed by atoms with van der Waals surface area (Å²) in [4.78, 5) is 14.0. The van der Waals surface area contributed by atoms with Crippen LogP contribution >= 0.6 is 15.9 Å². The van der Waals surface area contributed by atoms with E-state index in [0.29, 0.717) is 13.2 Å². The molecular formula is C25H26BrNO3. The lowest BCUT2D eigenvalue weighted by atomic mass is 9.90. The zero-order valence-electron chi connectivity index (χ0n) is 17.1. The summed E-state index contributed by atoms with van der Waals surface area (Å²) in [5, 5.41) is 12.0. The number of rotatable bonds is 6. The first-order valence-corrected chi connectivity index (χ1v) is 11.2. The molecule has 3 aromatic carbocycles. The molecule has 1 heterocycles. The van der Waals surface area contributed by atoms with Gasteiger partial charge in [0.2, 0.25) is 0 Å². The molecule has 0 amide bonds. The Kier molecular flexibility index (Phi) is 6.40. The van der Waals surface area contributed by atoms with Crippen molar-refractivity contribution in [3.05, 3.63) is 76.3 Å². The third-order valence-corrected chi connectivity index (χ3v) is 6.32. The van der Waals surface area contributed by atoms with Gasteiger partial charge in [0.15, 0.2) is 0 Å². The highest BCUT2D eigenvalue weighted by Gasteiger charge is 2.32. The molecule has 0 aliphatic carbocycles. The topological polar surface area (TPSA) is 49.8 Å². The van der Waals surface area contributed by atoms with Gasteiger partial charge < -0.3 is 9.84 Å². The first-order chi connectivity index (χ1) is 14.6. The summed E-state index contributed by atoms with van der Waals surface area (Å²) in [6, 6.07) is 20.9. The van der Waals surface area contributed by atoms with E-state index in [1.165, 1.54) is 10.8 Å². The first-order valence-electron chi connectivity index (χ1n) is 10.4. The molecule has 0 saturated carbocycles. The standard InChI is InChI=1S/C25H26BrNO3/c1-2-30-23-12-11-21(26)15-22(23)24(27-13-5-8-20(16-27)25(28)29)19-10-9-17-6-3-4-7-18(17)14-19/h3-4,6-7,9-12,14-15,20,24H,2,5,8,13,16H2,1H3,(H,28,29). The van der Waals surface area contributed by atoms with E-state index in [9.17, 15) is 9.90 Å². The Bertz CT molecular complexity index is 1050. The molecule has 0 bridgehead atoms. The molecule has 1 N–H and O–H groups in total. The number of hydrogen-bond acceptors (Lipinski definition) is 3. The highest BCUT2D eigenvalue weighted by Crippen LogP contribution is 2.39. The van der Waals surface area contributed by atoms with Crippen LogP contribution in [0.5, 0.6) is 5.75 Å². The van der Waals surface area contributed by atoms with E-state index in [0.717, 1.165) is 40.7 Å². The Balaban J connectivity index is 1.84. The molecule has 30 heavy (non-hydrogen) atoms.